The first-order chi connectivity index (χ1) is 8.74. The van der Waals surface area contributed by atoms with Gasteiger partial charge in [-0.25, -0.2) is 5.43 Å². The number of carbonyl (C=O) groups is 1. The summed E-state index contributed by atoms with van der Waals surface area (Å²) in [5, 5.41) is 3.08. The van der Waals surface area contributed by atoms with Gasteiger partial charge >= 0.3 is 0 Å². The molecule has 3 rings (SSSR count). The third-order valence-corrected chi connectivity index (χ3v) is 3.94. The van der Waals surface area contributed by atoms with Gasteiger partial charge in [-0.2, -0.15) is 0 Å². The predicted octanol–water partition coefficient (Wildman–Crippen LogP) is 1.49. The highest BCUT2D eigenvalue weighted by molar-refractivity contribution is 9.10. The maximum atomic E-state index is 12.2. The molecule has 4 nitrogen and oxygen atoms in total. The Kier molecular flexibility index (Phi) is 3.37. The highest BCUT2D eigenvalue weighted by Gasteiger charge is 2.36. The van der Waals surface area contributed by atoms with E-state index in [-0.39, 0.29) is 17.9 Å². The van der Waals surface area contributed by atoms with Gasteiger partial charge in [0, 0.05) is 17.1 Å². The lowest BCUT2D eigenvalue weighted by atomic mass is 9.94. The number of hydrazine groups is 1. The van der Waals surface area contributed by atoms with Crippen LogP contribution in [0.25, 0.3) is 0 Å². The lowest BCUT2D eigenvalue weighted by molar-refractivity contribution is -0.125. The molecular formula is C13H16BrN3O. The first-order valence-corrected chi connectivity index (χ1v) is 7.07. The Morgan fingerprint density at radius 2 is 2.22 bits per heavy atom. The van der Waals surface area contributed by atoms with E-state index in [1.54, 1.807) is 0 Å². The molecule has 1 aromatic rings. The van der Waals surface area contributed by atoms with E-state index in [0.717, 1.165) is 22.9 Å². The van der Waals surface area contributed by atoms with Crippen LogP contribution in [-0.2, 0) is 4.79 Å². The molecule has 1 aliphatic heterocycles. The maximum absolute atomic E-state index is 12.2. The third-order valence-electron chi connectivity index (χ3n) is 3.45. The standard InChI is InChI=1S/C13H16BrN3O/c14-9-3-1-2-8(6-9)12-11(7-15-17-12)13(18)16-10-4-5-10/h1-3,6,10-12,15,17H,4-5,7H2,(H,16,18). The van der Waals surface area contributed by atoms with Gasteiger partial charge in [-0.05, 0) is 30.5 Å². The minimum absolute atomic E-state index is 0.0418. The van der Waals surface area contributed by atoms with Crippen molar-refractivity contribution in [1.29, 1.82) is 0 Å². The van der Waals surface area contributed by atoms with Crippen molar-refractivity contribution in [3.63, 3.8) is 0 Å². The molecule has 2 unspecified atom stereocenters. The van der Waals surface area contributed by atoms with Gasteiger partial charge in [-0.3, -0.25) is 10.2 Å². The zero-order chi connectivity index (χ0) is 12.5. The summed E-state index contributed by atoms with van der Waals surface area (Å²) in [7, 11) is 0. The van der Waals surface area contributed by atoms with E-state index in [4.69, 9.17) is 0 Å². The van der Waals surface area contributed by atoms with E-state index in [9.17, 15) is 4.79 Å². The number of hydrogen-bond donors (Lipinski definition) is 3. The van der Waals surface area contributed by atoms with Crippen molar-refractivity contribution in [3.05, 3.63) is 34.3 Å². The molecule has 0 bridgehead atoms. The summed E-state index contributed by atoms with van der Waals surface area (Å²) in [6.45, 7) is 0.676. The van der Waals surface area contributed by atoms with Crippen molar-refractivity contribution >= 4 is 21.8 Å². The van der Waals surface area contributed by atoms with Crippen LogP contribution in [0.3, 0.4) is 0 Å². The van der Waals surface area contributed by atoms with Gasteiger partial charge in [0.25, 0.3) is 0 Å². The topological polar surface area (TPSA) is 53.2 Å². The predicted molar refractivity (Wildman–Crippen MR) is 72.7 cm³/mol. The first-order valence-electron chi connectivity index (χ1n) is 6.28. The number of rotatable bonds is 3. The largest absolute Gasteiger partial charge is 0.353 e. The van der Waals surface area contributed by atoms with Crippen molar-refractivity contribution in [3.8, 4) is 0 Å². The zero-order valence-corrected chi connectivity index (χ0v) is 11.5. The van der Waals surface area contributed by atoms with Gasteiger partial charge in [0.15, 0.2) is 0 Å². The van der Waals surface area contributed by atoms with Crippen LogP contribution >= 0.6 is 15.9 Å². The fraction of sp³-hybridized carbons (Fsp3) is 0.462. The van der Waals surface area contributed by atoms with E-state index in [2.05, 4.69) is 38.2 Å². The van der Waals surface area contributed by atoms with Gasteiger partial charge in [-0.1, -0.05) is 28.1 Å². The van der Waals surface area contributed by atoms with Crippen LogP contribution in [0.2, 0.25) is 0 Å². The number of halogens is 1. The van der Waals surface area contributed by atoms with Crippen molar-refractivity contribution in [2.24, 2.45) is 5.92 Å². The van der Waals surface area contributed by atoms with E-state index in [1.165, 1.54) is 0 Å². The molecule has 5 heteroatoms. The number of carbonyl (C=O) groups excluding carboxylic acids is 1. The summed E-state index contributed by atoms with van der Waals surface area (Å²) in [6, 6.07) is 8.55. The number of amides is 1. The molecule has 1 saturated heterocycles. The molecule has 0 aromatic heterocycles. The second-order valence-corrected chi connectivity index (χ2v) is 5.86. The Balaban J connectivity index is 1.75. The Hall–Kier alpha value is -0.910. The minimum atomic E-state index is -0.0418. The van der Waals surface area contributed by atoms with Crippen LogP contribution in [-0.4, -0.2) is 18.5 Å². The summed E-state index contributed by atoms with van der Waals surface area (Å²) < 4.78 is 1.04. The van der Waals surface area contributed by atoms with Crippen LogP contribution < -0.4 is 16.2 Å². The maximum Gasteiger partial charge on any atom is 0.226 e. The van der Waals surface area contributed by atoms with Crippen molar-refractivity contribution < 1.29 is 4.79 Å². The summed E-state index contributed by atoms with van der Waals surface area (Å²) in [5.41, 5.74) is 7.41. The van der Waals surface area contributed by atoms with E-state index in [0.29, 0.717) is 12.6 Å². The first kappa shape index (κ1) is 12.1. The third kappa shape index (κ3) is 2.58. The van der Waals surface area contributed by atoms with Gasteiger partial charge in [0.05, 0.1) is 12.0 Å². The van der Waals surface area contributed by atoms with Crippen LogP contribution in [0.1, 0.15) is 24.4 Å². The molecular weight excluding hydrogens is 294 g/mol. The molecule has 3 N–H and O–H groups in total. The van der Waals surface area contributed by atoms with Gasteiger partial charge in [-0.15, -0.1) is 0 Å². The van der Waals surface area contributed by atoms with Crippen molar-refractivity contribution in [1.82, 2.24) is 16.2 Å². The molecule has 1 amide bonds. The fourth-order valence-corrected chi connectivity index (χ4v) is 2.71. The van der Waals surface area contributed by atoms with Crippen LogP contribution in [0.5, 0.6) is 0 Å². The molecule has 2 fully saturated rings. The molecule has 1 aliphatic carbocycles. The smallest absolute Gasteiger partial charge is 0.226 e. The van der Waals surface area contributed by atoms with Crippen molar-refractivity contribution in [2.75, 3.05) is 6.54 Å². The number of hydrogen-bond acceptors (Lipinski definition) is 3. The lowest BCUT2D eigenvalue weighted by Gasteiger charge is -2.18. The van der Waals surface area contributed by atoms with E-state index in [1.807, 2.05) is 18.2 Å². The molecule has 2 aliphatic rings. The Morgan fingerprint density at radius 3 is 2.94 bits per heavy atom. The molecule has 1 heterocycles. The lowest BCUT2D eigenvalue weighted by Crippen LogP contribution is -2.36. The molecule has 18 heavy (non-hydrogen) atoms. The molecule has 1 aromatic carbocycles. The summed E-state index contributed by atoms with van der Waals surface area (Å²) in [4.78, 5) is 12.2. The average Bonchev–Trinajstić information content (AvgIpc) is 3.03. The second kappa shape index (κ2) is 4.99. The fourth-order valence-electron chi connectivity index (χ4n) is 2.29. The highest BCUT2D eigenvalue weighted by atomic mass is 79.9. The molecule has 2 atom stereocenters. The second-order valence-electron chi connectivity index (χ2n) is 4.95. The zero-order valence-electron chi connectivity index (χ0n) is 9.95. The van der Waals surface area contributed by atoms with Gasteiger partial charge in [0.1, 0.15) is 0 Å². The Morgan fingerprint density at radius 1 is 1.39 bits per heavy atom. The minimum Gasteiger partial charge on any atom is -0.353 e. The van der Waals surface area contributed by atoms with E-state index >= 15 is 0 Å². The summed E-state index contributed by atoms with van der Waals surface area (Å²) in [5.74, 6) is 0.111. The van der Waals surface area contributed by atoms with Crippen LogP contribution in [0, 0.1) is 5.92 Å². The quantitative estimate of drug-likeness (QED) is 0.793. The SMILES string of the molecule is O=C(NC1CC1)C1CNNC1c1cccc(Br)c1. The summed E-state index contributed by atoms with van der Waals surface area (Å²) in [6.07, 6.45) is 2.25. The number of nitrogens with one attached hydrogen (secondary N) is 3. The molecule has 0 spiro atoms. The Labute approximate surface area is 115 Å². The molecule has 0 radical (unpaired) electrons. The van der Waals surface area contributed by atoms with Crippen molar-refractivity contribution in [2.45, 2.75) is 24.9 Å². The van der Waals surface area contributed by atoms with E-state index < -0.39 is 0 Å². The molecule has 96 valence electrons. The molecule has 1 saturated carbocycles. The Bertz CT molecular complexity index is 461. The van der Waals surface area contributed by atoms with Crippen LogP contribution in [0.15, 0.2) is 28.7 Å². The normalized spacial score (nSPS) is 27.2. The van der Waals surface area contributed by atoms with Crippen LogP contribution in [0.4, 0.5) is 0 Å². The average molecular weight is 310 g/mol. The summed E-state index contributed by atoms with van der Waals surface area (Å²) >= 11 is 3.47. The number of benzene rings is 1. The highest BCUT2D eigenvalue weighted by Crippen LogP contribution is 2.28. The van der Waals surface area contributed by atoms with Gasteiger partial charge < -0.3 is 5.32 Å². The van der Waals surface area contributed by atoms with Gasteiger partial charge in [0.2, 0.25) is 5.91 Å². The monoisotopic (exact) mass is 309 g/mol.